The van der Waals surface area contributed by atoms with Gasteiger partial charge >= 0.3 is 6.09 Å². The van der Waals surface area contributed by atoms with Gasteiger partial charge < -0.3 is 26.0 Å². The first-order chi connectivity index (χ1) is 8.72. The van der Waals surface area contributed by atoms with E-state index in [1.54, 1.807) is 0 Å². The second-order valence-electron chi connectivity index (χ2n) is 4.76. The van der Waals surface area contributed by atoms with Crippen molar-refractivity contribution in [1.29, 1.82) is 0 Å². The maximum Gasteiger partial charge on any atom is 0.404 e. The van der Waals surface area contributed by atoms with Gasteiger partial charge in [-0.15, -0.1) is 0 Å². The lowest BCUT2D eigenvalue weighted by molar-refractivity contribution is 0.130. The third-order valence-electron chi connectivity index (χ3n) is 3.32. The molecule has 0 unspecified atom stereocenters. The van der Waals surface area contributed by atoms with Gasteiger partial charge in [0.2, 0.25) is 0 Å². The number of nitrogens with two attached hydrogens (primary N) is 1. The zero-order chi connectivity index (χ0) is 13.2. The molecule has 0 spiro atoms. The van der Waals surface area contributed by atoms with E-state index >= 15 is 0 Å². The molecule has 6 nitrogen and oxygen atoms in total. The Kier molecular flexibility index (Phi) is 7.71. The van der Waals surface area contributed by atoms with Crippen molar-refractivity contribution in [2.75, 3.05) is 52.4 Å². The first-order valence-electron chi connectivity index (χ1n) is 6.84. The molecule has 106 valence electrons. The van der Waals surface area contributed by atoms with Crippen LogP contribution < -0.4 is 11.1 Å². The minimum atomic E-state index is -0.927. The summed E-state index contributed by atoms with van der Waals surface area (Å²) in [7, 11) is 0. The van der Waals surface area contributed by atoms with Crippen LogP contribution in [0, 0.1) is 0 Å². The largest absolute Gasteiger partial charge is 0.465 e. The number of hydrogen-bond acceptors (Lipinski definition) is 4. The van der Waals surface area contributed by atoms with Crippen LogP contribution in [0.3, 0.4) is 0 Å². The Morgan fingerprint density at radius 2 is 1.61 bits per heavy atom. The molecule has 0 saturated carbocycles. The van der Waals surface area contributed by atoms with Crippen LogP contribution in [-0.4, -0.2) is 73.4 Å². The highest BCUT2D eigenvalue weighted by Gasteiger charge is 2.15. The fourth-order valence-electron chi connectivity index (χ4n) is 2.21. The van der Waals surface area contributed by atoms with Crippen molar-refractivity contribution in [2.45, 2.75) is 19.3 Å². The van der Waals surface area contributed by atoms with Gasteiger partial charge in [-0.2, -0.15) is 0 Å². The molecule has 1 aliphatic rings. The molecule has 1 rings (SSSR count). The fourth-order valence-corrected chi connectivity index (χ4v) is 2.21. The average Bonchev–Trinajstić information content (AvgIpc) is 2.37. The molecule has 1 amide bonds. The third kappa shape index (κ3) is 6.78. The maximum atomic E-state index is 10.3. The van der Waals surface area contributed by atoms with Crippen LogP contribution in [-0.2, 0) is 0 Å². The van der Waals surface area contributed by atoms with E-state index in [1.165, 1.54) is 0 Å². The van der Waals surface area contributed by atoms with Crippen LogP contribution in [0.5, 0.6) is 0 Å². The van der Waals surface area contributed by atoms with E-state index < -0.39 is 6.09 Å². The summed E-state index contributed by atoms with van der Waals surface area (Å²) in [6.45, 7) is 8.04. The fraction of sp³-hybridized carbons (Fsp3) is 0.917. The Morgan fingerprint density at radius 1 is 1.06 bits per heavy atom. The van der Waals surface area contributed by atoms with Gasteiger partial charge in [-0.05, 0) is 38.9 Å². The Hall–Kier alpha value is -0.850. The summed E-state index contributed by atoms with van der Waals surface area (Å²) in [5, 5.41) is 10.8. The number of amides is 1. The van der Waals surface area contributed by atoms with Crippen molar-refractivity contribution in [3.63, 3.8) is 0 Å². The standard InChI is InChI=1S/C12H26N4O2/c13-4-3-7-16-10-8-15(9-11-16)6-2-1-5-14-12(17)18/h14H,1-11,13H2,(H,17,18). The molecule has 18 heavy (non-hydrogen) atoms. The minimum absolute atomic E-state index is 0.561. The van der Waals surface area contributed by atoms with Gasteiger partial charge in [0, 0.05) is 32.7 Å². The molecule has 0 atom stereocenters. The van der Waals surface area contributed by atoms with Gasteiger partial charge in [0.05, 0.1) is 0 Å². The zero-order valence-electron chi connectivity index (χ0n) is 11.1. The maximum absolute atomic E-state index is 10.3. The molecular formula is C12H26N4O2. The van der Waals surface area contributed by atoms with Gasteiger partial charge in [-0.25, -0.2) is 4.79 Å². The van der Waals surface area contributed by atoms with E-state index in [2.05, 4.69) is 15.1 Å². The Bertz CT molecular complexity index is 230. The molecule has 1 fully saturated rings. The summed E-state index contributed by atoms with van der Waals surface area (Å²) in [6, 6.07) is 0. The van der Waals surface area contributed by atoms with Crippen LogP contribution in [0.25, 0.3) is 0 Å². The minimum Gasteiger partial charge on any atom is -0.465 e. The molecule has 0 aromatic heterocycles. The van der Waals surface area contributed by atoms with Gasteiger partial charge in [0.15, 0.2) is 0 Å². The van der Waals surface area contributed by atoms with Crippen molar-refractivity contribution in [3.8, 4) is 0 Å². The predicted octanol–water partition coefficient (Wildman–Crippen LogP) is 0.000600. The first kappa shape index (κ1) is 15.2. The molecule has 1 aliphatic heterocycles. The highest BCUT2D eigenvalue weighted by molar-refractivity contribution is 5.64. The van der Waals surface area contributed by atoms with E-state index in [0.29, 0.717) is 6.54 Å². The summed E-state index contributed by atoms with van der Waals surface area (Å²) in [4.78, 5) is 15.2. The lowest BCUT2D eigenvalue weighted by Gasteiger charge is -2.34. The van der Waals surface area contributed by atoms with E-state index in [1.807, 2.05) is 0 Å². The van der Waals surface area contributed by atoms with E-state index in [0.717, 1.165) is 65.1 Å². The number of nitrogens with zero attached hydrogens (tertiary/aromatic N) is 2. The van der Waals surface area contributed by atoms with Crippen molar-refractivity contribution < 1.29 is 9.90 Å². The van der Waals surface area contributed by atoms with Gasteiger partial charge in [-0.3, -0.25) is 0 Å². The van der Waals surface area contributed by atoms with Gasteiger partial charge in [0.1, 0.15) is 0 Å². The Morgan fingerprint density at radius 3 is 2.11 bits per heavy atom. The number of hydrogen-bond donors (Lipinski definition) is 3. The monoisotopic (exact) mass is 258 g/mol. The van der Waals surface area contributed by atoms with E-state index in [4.69, 9.17) is 10.8 Å². The molecule has 4 N–H and O–H groups in total. The molecular weight excluding hydrogens is 232 g/mol. The van der Waals surface area contributed by atoms with Crippen LogP contribution >= 0.6 is 0 Å². The molecule has 0 bridgehead atoms. The second kappa shape index (κ2) is 9.13. The Labute approximate surface area is 109 Å². The van der Waals surface area contributed by atoms with E-state index in [9.17, 15) is 4.79 Å². The van der Waals surface area contributed by atoms with Crippen LogP contribution in [0.2, 0.25) is 0 Å². The highest BCUT2D eigenvalue weighted by atomic mass is 16.4. The number of carbonyl (C=O) groups is 1. The van der Waals surface area contributed by atoms with Gasteiger partial charge in [0.25, 0.3) is 0 Å². The number of unbranched alkanes of at least 4 members (excludes halogenated alkanes) is 1. The first-order valence-corrected chi connectivity index (χ1v) is 6.84. The molecule has 1 saturated heterocycles. The quantitative estimate of drug-likeness (QED) is 0.534. The van der Waals surface area contributed by atoms with Crippen molar-refractivity contribution in [2.24, 2.45) is 5.73 Å². The highest BCUT2D eigenvalue weighted by Crippen LogP contribution is 2.03. The van der Waals surface area contributed by atoms with E-state index in [-0.39, 0.29) is 0 Å². The molecule has 1 heterocycles. The molecule has 0 radical (unpaired) electrons. The zero-order valence-corrected chi connectivity index (χ0v) is 11.1. The smallest absolute Gasteiger partial charge is 0.404 e. The lowest BCUT2D eigenvalue weighted by atomic mass is 10.2. The number of rotatable bonds is 8. The molecule has 0 aromatic carbocycles. The van der Waals surface area contributed by atoms with Crippen LogP contribution in [0.15, 0.2) is 0 Å². The number of piperazine rings is 1. The molecule has 0 aromatic rings. The molecule has 6 heteroatoms. The van der Waals surface area contributed by atoms with Crippen LogP contribution in [0.4, 0.5) is 4.79 Å². The Balaban J connectivity index is 1.97. The third-order valence-corrected chi connectivity index (χ3v) is 3.32. The summed E-state index contributed by atoms with van der Waals surface area (Å²) < 4.78 is 0. The normalized spacial score (nSPS) is 17.8. The summed E-state index contributed by atoms with van der Waals surface area (Å²) >= 11 is 0. The van der Waals surface area contributed by atoms with Crippen molar-refractivity contribution >= 4 is 6.09 Å². The number of carboxylic acid groups (broad SMARTS) is 1. The van der Waals surface area contributed by atoms with Crippen molar-refractivity contribution in [1.82, 2.24) is 15.1 Å². The van der Waals surface area contributed by atoms with Crippen LogP contribution in [0.1, 0.15) is 19.3 Å². The SMILES string of the molecule is NCCCN1CCN(CCCCNC(=O)O)CC1. The summed E-state index contributed by atoms with van der Waals surface area (Å²) in [6.07, 6.45) is 2.13. The predicted molar refractivity (Wildman–Crippen MR) is 71.8 cm³/mol. The summed E-state index contributed by atoms with van der Waals surface area (Å²) in [5.74, 6) is 0. The molecule has 0 aliphatic carbocycles. The lowest BCUT2D eigenvalue weighted by Crippen LogP contribution is -2.47. The second-order valence-corrected chi connectivity index (χ2v) is 4.76. The van der Waals surface area contributed by atoms with Gasteiger partial charge in [-0.1, -0.05) is 0 Å². The number of nitrogens with one attached hydrogen (secondary N) is 1. The average molecular weight is 258 g/mol. The van der Waals surface area contributed by atoms with Crippen molar-refractivity contribution in [3.05, 3.63) is 0 Å². The topological polar surface area (TPSA) is 81.8 Å². The summed E-state index contributed by atoms with van der Waals surface area (Å²) in [5.41, 5.74) is 5.50.